The number of aromatic nitrogens is 3. The molecule has 1 saturated heterocycles. The molecule has 0 amide bonds. The second-order valence-electron chi connectivity index (χ2n) is 4.74. The lowest BCUT2D eigenvalue weighted by Crippen LogP contribution is -2.51. The van der Waals surface area contributed by atoms with Gasteiger partial charge in [-0.2, -0.15) is 4.31 Å². The van der Waals surface area contributed by atoms with Crippen molar-refractivity contribution >= 4 is 21.6 Å². The van der Waals surface area contributed by atoms with Gasteiger partial charge in [0.2, 0.25) is 10.0 Å². The van der Waals surface area contributed by atoms with Crippen molar-refractivity contribution in [1.82, 2.24) is 19.3 Å². The quantitative estimate of drug-likeness (QED) is 0.854. The molecule has 1 aliphatic heterocycles. The van der Waals surface area contributed by atoms with E-state index in [-0.39, 0.29) is 11.8 Å². The second-order valence-corrected chi connectivity index (χ2v) is 7.14. The van der Waals surface area contributed by atoms with Crippen LogP contribution in [0.3, 0.4) is 0 Å². The summed E-state index contributed by atoms with van der Waals surface area (Å²) in [5.74, 6) is -0.00571. The van der Waals surface area contributed by atoms with Gasteiger partial charge in [0, 0.05) is 24.3 Å². The lowest BCUT2D eigenvalue weighted by atomic mass is 10.2. The van der Waals surface area contributed by atoms with E-state index in [2.05, 4.69) is 10.3 Å². The fraction of sp³-hybridized carbons (Fsp3) is 0.333. The predicted molar refractivity (Wildman–Crippen MR) is 74.7 cm³/mol. The number of sulfonamides is 1. The van der Waals surface area contributed by atoms with Gasteiger partial charge in [-0.1, -0.05) is 28.9 Å². The van der Waals surface area contributed by atoms with Gasteiger partial charge in [0.05, 0.1) is 18.0 Å². The maximum Gasteiger partial charge on any atom is 0.218 e. The highest BCUT2D eigenvalue weighted by atomic mass is 35.5. The monoisotopic (exact) mass is 312 g/mol. The molecule has 2 aromatic rings. The first kappa shape index (κ1) is 13.5. The topological polar surface area (TPSA) is 68.1 Å². The molecule has 3 rings (SSSR count). The molecule has 0 spiro atoms. The van der Waals surface area contributed by atoms with Crippen LogP contribution < -0.4 is 0 Å². The Hall–Kier alpha value is -1.44. The first-order valence-corrected chi connectivity index (χ1v) is 8.11. The molecule has 1 aromatic heterocycles. The smallest absolute Gasteiger partial charge is 0.218 e. The van der Waals surface area contributed by atoms with E-state index in [4.69, 9.17) is 11.6 Å². The van der Waals surface area contributed by atoms with E-state index in [1.165, 1.54) is 4.31 Å². The molecule has 0 aliphatic carbocycles. The summed E-state index contributed by atoms with van der Waals surface area (Å²) in [6.07, 6.45) is 3.33. The summed E-state index contributed by atoms with van der Waals surface area (Å²) in [5, 5.41) is 8.20. The number of hydrogen-bond acceptors (Lipinski definition) is 4. The number of halogens is 1. The van der Waals surface area contributed by atoms with E-state index >= 15 is 0 Å². The third-order valence-corrected chi connectivity index (χ3v) is 5.33. The van der Waals surface area contributed by atoms with Gasteiger partial charge >= 0.3 is 0 Å². The summed E-state index contributed by atoms with van der Waals surface area (Å²) in [4.78, 5) is 0. The van der Waals surface area contributed by atoms with Crippen LogP contribution in [0.2, 0.25) is 5.02 Å². The molecular formula is C12H13ClN4O2S. The minimum atomic E-state index is -3.28. The van der Waals surface area contributed by atoms with Crippen molar-refractivity contribution in [2.24, 2.45) is 0 Å². The van der Waals surface area contributed by atoms with Crippen LogP contribution in [0.5, 0.6) is 0 Å². The van der Waals surface area contributed by atoms with Crippen LogP contribution in [-0.4, -0.2) is 40.8 Å². The number of nitrogens with zero attached hydrogens (tertiary/aromatic N) is 4. The van der Waals surface area contributed by atoms with Crippen LogP contribution in [0, 0.1) is 0 Å². The van der Waals surface area contributed by atoms with E-state index < -0.39 is 10.0 Å². The lowest BCUT2D eigenvalue weighted by molar-refractivity contribution is 0.188. The summed E-state index contributed by atoms with van der Waals surface area (Å²) in [6.45, 7) is 0.887. The zero-order valence-corrected chi connectivity index (χ0v) is 12.1. The maximum atomic E-state index is 12.2. The maximum absolute atomic E-state index is 12.2. The zero-order chi connectivity index (χ0) is 14.2. The van der Waals surface area contributed by atoms with Gasteiger partial charge < -0.3 is 0 Å². The molecule has 0 saturated carbocycles. The van der Waals surface area contributed by atoms with Gasteiger partial charge in [0.1, 0.15) is 0 Å². The average Bonchev–Trinajstić information content (AvgIpc) is 2.83. The first-order valence-electron chi connectivity index (χ1n) is 6.13. The molecule has 1 fully saturated rings. The number of rotatable bonds is 4. The van der Waals surface area contributed by atoms with Crippen molar-refractivity contribution in [2.75, 3.05) is 13.1 Å². The standard InChI is InChI=1S/C12H13ClN4O2S/c13-11-3-1-10(2-4-11)9-20(18,19)16-7-12(8-16)17-6-5-14-15-17/h1-6,12H,7-9H2. The van der Waals surface area contributed by atoms with E-state index in [1.54, 1.807) is 41.3 Å². The Morgan fingerprint density at radius 3 is 2.55 bits per heavy atom. The van der Waals surface area contributed by atoms with Crippen LogP contribution in [-0.2, 0) is 15.8 Å². The fourth-order valence-electron chi connectivity index (χ4n) is 2.11. The molecule has 1 aromatic carbocycles. The molecule has 1 aliphatic rings. The van der Waals surface area contributed by atoms with Gasteiger partial charge in [0.15, 0.2) is 0 Å². The van der Waals surface area contributed by atoms with Crippen molar-refractivity contribution in [3.63, 3.8) is 0 Å². The lowest BCUT2D eigenvalue weighted by Gasteiger charge is -2.37. The third-order valence-electron chi connectivity index (χ3n) is 3.30. The Kier molecular flexibility index (Phi) is 3.49. The molecule has 0 atom stereocenters. The molecule has 0 radical (unpaired) electrons. The summed E-state index contributed by atoms with van der Waals surface area (Å²) in [7, 11) is -3.28. The zero-order valence-electron chi connectivity index (χ0n) is 10.6. The van der Waals surface area contributed by atoms with Gasteiger partial charge in [-0.15, -0.1) is 5.10 Å². The summed E-state index contributed by atoms with van der Waals surface area (Å²) >= 11 is 5.78. The second kappa shape index (κ2) is 5.16. The number of benzene rings is 1. The average molecular weight is 313 g/mol. The molecule has 0 N–H and O–H groups in total. The molecular weight excluding hydrogens is 300 g/mol. The SMILES string of the molecule is O=S(=O)(Cc1ccc(Cl)cc1)N1CC(n2ccnn2)C1. The summed E-state index contributed by atoms with van der Waals surface area (Å²) < 4.78 is 27.6. The Morgan fingerprint density at radius 2 is 1.95 bits per heavy atom. The largest absolute Gasteiger partial charge is 0.247 e. The van der Waals surface area contributed by atoms with Gasteiger partial charge in [-0.05, 0) is 17.7 Å². The molecule has 20 heavy (non-hydrogen) atoms. The normalized spacial score (nSPS) is 17.1. The van der Waals surface area contributed by atoms with Crippen LogP contribution in [0.4, 0.5) is 0 Å². The van der Waals surface area contributed by atoms with Gasteiger partial charge in [-0.25, -0.2) is 13.1 Å². The molecule has 0 unspecified atom stereocenters. The van der Waals surface area contributed by atoms with E-state index in [1.807, 2.05) is 0 Å². The van der Waals surface area contributed by atoms with Crippen molar-refractivity contribution < 1.29 is 8.42 Å². The van der Waals surface area contributed by atoms with Crippen molar-refractivity contribution in [3.05, 3.63) is 47.2 Å². The van der Waals surface area contributed by atoms with Crippen molar-refractivity contribution in [3.8, 4) is 0 Å². The highest BCUT2D eigenvalue weighted by Crippen LogP contribution is 2.25. The van der Waals surface area contributed by atoms with Gasteiger partial charge in [0.25, 0.3) is 0 Å². The Bertz CT molecular complexity index is 679. The van der Waals surface area contributed by atoms with E-state index in [9.17, 15) is 8.42 Å². The number of hydrogen-bond donors (Lipinski definition) is 0. The Balaban J connectivity index is 1.64. The summed E-state index contributed by atoms with van der Waals surface area (Å²) in [6, 6.07) is 6.93. The van der Waals surface area contributed by atoms with E-state index in [0.717, 1.165) is 5.56 Å². The fourth-order valence-corrected chi connectivity index (χ4v) is 3.83. The minimum Gasteiger partial charge on any atom is -0.247 e. The summed E-state index contributed by atoms with van der Waals surface area (Å²) in [5.41, 5.74) is 0.735. The predicted octanol–water partition coefficient (Wildman–Crippen LogP) is 1.32. The molecule has 8 heteroatoms. The highest BCUT2D eigenvalue weighted by molar-refractivity contribution is 7.88. The highest BCUT2D eigenvalue weighted by Gasteiger charge is 2.37. The van der Waals surface area contributed by atoms with Crippen LogP contribution >= 0.6 is 11.6 Å². The Morgan fingerprint density at radius 1 is 1.25 bits per heavy atom. The molecule has 6 nitrogen and oxygen atoms in total. The molecule has 0 bridgehead atoms. The minimum absolute atomic E-state index is 0.00571. The van der Waals surface area contributed by atoms with Gasteiger partial charge in [-0.3, -0.25) is 0 Å². The van der Waals surface area contributed by atoms with Crippen LogP contribution in [0.1, 0.15) is 11.6 Å². The van der Waals surface area contributed by atoms with Crippen LogP contribution in [0.15, 0.2) is 36.7 Å². The van der Waals surface area contributed by atoms with Crippen molar-refractivity contribution in [2.45, 2.75) is 11.8 Å². The first-order chi connectivity index (χ1) is 9.54. The van der Waals surface area contributed by atoms with Crippen LogP contribution in [0.25, 0.3) is 0 Å². The Labute approximate surface area is 122 Å². The molecule has 2 heterocycles. The third kappa shape index (κ3) is 2.70. The van der Waals surface area contributed by atoms with E-state index in [0.29, 0.717) is 18.1 Å². The van der Waals surface area contributed by atoms with Crippen molar-refractivity contribution in [1.29, 1.82) is 0 Å². The molecule has 106 valence electrons.